The first-order valence-corrected chi connectivity index (χ1v) is 15.0. The Morgan fingerprint density at radius 1 is 1.11 bits per heavy atom. The number of rotatable bonds is 10. The van der Waals surface area contributed by atoms with Crippen LogP contribution in [0.15, 0.2) is 79.0 Å². The summed E-state index contributed by atoms with van der Waals surface area (Å²) >= 11 is 13.2. The molecule has 1 amide bonds. The van der Waals surface area contributed by atoms with Crippen LogP contribution in [0.2, 0.25) is 10.2 Å². The van der Waals surface area contributed by atoms with Crippen molar-refractivity contribution in [1.82, 2.24) is 40.5 Å². The number of anilines is 1. The molecule has 12 nitrogen and oxygen atoms in total. The summed E-state index contributed by atoms with van der Waals surface area (Å²) in [5.74, 6) is -0.117. The largest absolute Gasteiger partial charge is 0.461 e. The summed E-state index contributed by atoms with van der Waals surface area (Å²) < 4.78 is 6.40. The number of halogens is 2. The highest BCUT2D eigenvalue weighted by atomic mass is 35.5. The third-order valence-corrected chi connectivity index (χ3v) is 7.73. The smallest absolute Gasteiger partial charge is 0.360 e. The molecule has 0 unspecified atom stereocenters. The van der Waals surface area contributed by atoms with Crippen LogP contribution >= 0.6 is 23.2 Å². The van der Waals surface area contributed by atoms with Crippen LogP contribution < -0.4 is 11.1 Å². The number of aromatic amines is 2. The number of H-pyrrole nitrogens is 2. The summed E-state index contributed by atoms with van der Waals surface area (Å²) in [6, 6.07) is 19.9. The van der Waals surface area contributed by atoms with E-state index in [1.54, 1.807) is 31.2 Å². The SMILES string of the molecule is CCOC(=O)c1cn(-c2cccc(Cl)c2/C=C/C(=O)N[C@@H](Cc2ccccc2)c2nc(-c3ccc4c(N)n[nH]c4c3)c(Cl)[nH]2)nn1. The number of nitrogens with two attached hydrogens (primary N) is 1. The Hall–Kier alpha value is -5.46. The van der Waals surface area contributed by atoms with Gasteiger partial charge in [0.25, 0.3) is 0 Å². The van der Waals surface area contributed by atoms with E-state index in [0.29, 0.717) is 45.2 Å². The topological polar surface area (TPSA) is 169 Å². The van der Waals surface area contributed by atoms with E-state index in [9.17, 15) is 9.59 Å². The lowest BCUT2D eigenvalue weighted by Gasteiger charge is -2.16. The van der Waals surface area contributed by atoms with Gasteiger partial charge in [-0.2, -0.15) is 5.10 Å². The summed E-state index contributed by atoms with van der Waals surface area (Å²) in [6.07, 6.45) is 4.82. The van der Waals surface area contributed by atoms with Gasteiger partial charge in [-0.1, -0.05) is 70.9 Å². The van der Waals surface area contributed by atoms with Crippen molar-refractivity contribution in [2.45, 2.75) is 19.4 Å². The first-order chi connectivity index (χ1) is 22.3. The molecule has 5 N–H and O–H groups in total. The van der Waals surface area contributed by atoms with E-state index in [-0.39, 0.29) is 12.3 Å². The van der Waals surface area contributed by atoms with Gasteiger partial charge in [-0.25, -0.2) is 14.5 Å². The van der Waals surface area contributed by atoms with E-state index in [1.807, 2.05) is 48.5 Å². The van der Waals surface area contributed by atoms with Crippen molar-refractivity contribution in [1.29, 1.82) is 0 Å². The molecule has 0 fully saturated rings. The predicted octanol–water partition coefficient (Wildman–Crippen LogP) is 5.71. The Labute approximate surface area is 272 Å². The average molecular weight is 657 g/mol. The zero-order valence-corrected chi connectivity index (χ0v) is 25.9. The lowest BCUT2D eigenvalue weighted by atomic mass is 10.1. The van der Waals surface area contributed by atoms with Crippen molar-refractivity contribution in [2.24, 2.45) is 0 Å². The Morgan fingerprint density at radius 3 is 2.74 bits per heavy atom. The molecule has 1 atom stereocenters. The van der Waals surface area contributed by atoms with Crippen molar-refractivity contribution >= 4 is 57.9 Å². The van der Waals surface area contributed by atoms with Crippen LogP contribution in [0.25, 0.3) is 33.9 Å². The van der Waals surface area contributed by atoms with Crippen LogP contribution in [0.1, 0.15) is 40.4 Å². The number of benzene rings is 3. The standard InChI is InChI=1S/C32H27Cl2N9O3/c1-2-46-32(45)25-17-43(42-40-25)26-10-6-9-22(33)20(26)13-14-27(44)36-24(15-18-7-4-3-5-8-18)31-37-28(29(34)38-31)19-11-12-21-23(16-19)39-41-30(21)35/h3-14,16-17,24H,2,15H2,1H3,(H,36,44)(H,37,38)(H3,35,39,41)/b14-13+/t24-/m0/s1. The van der Waals surface area contributed by atoms with Crippen LogP contribution in [0.4, 0.5) is 5.82 Å². The number of amides is 1. The molecule has 232 valence electrons. The van der Waals surface area contributed by atoms with E-state index in [2.05, 4.69) is 30.8 Å². The number of imidazole rings is 1. The minimum atomic E-state index is -0.593. The lowest BCUT2D eigenvalue weighted by molar-refractivity contribution is -0.117. The molecule has 0 bridgehead atoms. The third kappa shape index (κ3) is 6.48. The summed E-state index contributed by atoms with van der Waals surface area (Å²) in [4.78, 5) is 33.4. The average Bonchev–Trinajstić information content (AvgIpc) is 3.79. The molecule has 0 aliphatic heterocycles. The second-order valence-electron chi connectivity index (χ2n) is 10.2. The minimum Gasteiger partial charge on any atom is -0.461 e. The number of carbonyl (C=O) groups is 2. The van der Waals surface area contributed by atoms with Gasteiger partial charge in [0.05, 0.1) is 30.0 Å². The molecule has 0 saturated heterocycles. The second-order valence-corrected chi connectivity index (χ2v) is 11.0. The Morgan fingerprint density at radius 2 is 1.93 bits per heavy atom. The number of nitrogen functional groups attached to an aromatic ring is 1. The van der Waals surface area contributed by atoms with Crippen molar-refractivity contribution in [3.63, 3.8) is 0 Å². The number of aromatic nitrogens is 7. The number of ether oxygens (including phenoxy) is 1. The van der Waals surface area contributed by atoms with E-state index < -0.39 is 17.9 Å². The van der Waals surface area contributed by atoms with Crippen LogP contribution in [0, 0.1) is 0 Å². The number of hydrogen-bond acceptors (Lipinski definition) is 8. The molecule has 3 aromatic carbocycles. The Balaban J connectivity index is 1.27. The van der Waals surface area contributed by atoms with Gasteiger partial charge in [0.2, 0.25) is 5.91 Å². The van der Waals surface area contributed by atoms with Crippen LogP contribution in [0.3, 0.4) is 0 Å². The van der Waals surface area contributed by atoms with Crippen molar-refractivity contribution in [3.8, 4) is 16.9 Å². The molecule has 0 aliphatic carbocycles. The number of hydrogen-bond donors (Lipinski definition) is 4. The quantitative estimate of drug-likeness (QED) is 0.107. The molecule has 46 heavy (non-hydrogen) atoms. The van der Waals surface area contributed by atoms with E-state index in [1.165, 1.54) is 17.0 Å². The van der Waals surface area contributed by atoms with Crippen molar-refractivity contribution in [3.05, 3.63) is 112 Å². The van der Waals surface area contributed by atoms with Gasteiger partial charge in [-0.3, -0.25) is 9.89 Å². The monoisotopic (exact) mass is 655 g/mol. The van der Waals surface area contributed by atoms with Gasteiger partial charge in [0.15, 0.2) is 11.5 Å². The Bertz CT molecular complexity index is 2070. The first-order valence-electron chi connectivity index (χ1n) is 14.2. The fourth-order valence-corrected chi connectivity index (χ4v) is 5.41. The van der Waals surface area contributed by atoms with Crippen LogP contribution in [-0.4, -0.2) is 53.6 Å². The summed E-state index contributed by atoms with van der Waals surface area (Å²) in [5, 5.41) is 19.4. The molecular weight excluding hydrogens is 629 g/mol. The normalized spacial score (nSPS) is 12.1. The molecule has 0 radical (unpaired) electrons. The molecule has 6 rings (SSSR count). The van der Waals surface area contributed by atoms with Crippen molar-refractivity contribution < 1.29 is 14.3 Å². The number of fused-ring (bicyclic) bond motifs is 1. The van der Waals surface area contributed by atoms with Crippen molar-refractivity contribution in [2.75, 3.05) is 12.3 Å². The molecule has 3 aromatic heterocycles. The zero-order chi connectivity index (χ0) is 32.2. The maximum Gasteiger partial charge on any atom is 0.360 e. The highest BCUT2D eigenvalue weighted by Crippen LogP contribution is 2.31. The fraction of sp³-hybridized carbons (Fsp3) is 0.125. The van der Waals surface area contributed by atoms with Gasteiger partial charge in [-0.15, -0.1) is 5.10 Å². The molecular formula is C32H27Cl2N9O3. The second kappa shape index (κ2) is 13.3. The number of esters is 1. The van der Waals surface area contributed by atoms with Gasteiger partial charge in [-0.05, 0) is 49.2 Å². The number of nitrogens with one attached hydrogen (secondary N) is 3. The third-order valence-electron chi connectivity index (χ3n) is 7.13. The molecule has 0 spiro atoms. The maximum atomic E-state index is 13.4. The highest BCUT2D eigenvalue weighted by Gasteiger charge is 2.22. The summed E-state index contributed by atoms with van der Waals surface area (Å²) in [5.41, 5.74) is 9.97. The molecule has 3 heterocycles. The first kappa shape index (κ1) is 30.6. The van der Waals surface area contributed by atoms with Crippen LogP contribution in [-0.2, 0) is 16.0 Å². The Kier molecular flexibility index (Phi) is 8.81. The van der Waals surface area contributed by atoms with Gasteiger partial charge in [0.1, 0.15) is 16.7 Å². The lowest BCUT2D eigenvalue weighted by Crippen LogP contribution is -2.29. The van der Waals surface area contributed by atoms with Gasteiger partial charge in [0, 0.05) is 27.6 Å². The summed E-state index contributed by atoms with van der Waals surface area (Å²) in [7, 11) is 0. The minimum absolute atomic E-state index is 0.0448. The predicted molar refractivity (Wildman–Crippen MR) is 175 cm³/mol. The maximum absolute atomic E-state index is 13.4. The number of carbonyl (C=O) groups excluding carboxylic acids is 2. The number of nitrogens with zero attached hydrogens (tertiary/aromatic N) is 5. The molecule has 0 aliphatic rings. The summed E-state index contributed by atoms with van der Waals surface area (Å²) in [6.45, 7) is 1.91. The van der Waals surface area contributed by atoms with Crippen LogP contribution in [0.5, 0.6) is 0 Å². The molecule has 0 saturated carbocycles. The molecule has 6 aromatic rings. The fourth-order valence-electron chi connectivity index (χ4n) is 4.93. The van der Waals surface area contributed by atoms with E-state index >= 15 is 0 Å². The van der Waals surface area contributed by atoms with E-state index in [4.69, 9.17) is 38.7 Å². The van der Waals surface area contributed by atoms with Gasteiger partial charge >= 0.3 is 5.97 Å². The van der Waals surface area contributed by atoms with E-state index in [0.717, 1.165) is 22.0 Å². The highest BCUT2D eigenvalue weighted by molar-refractivity contribution is 6.32. The molecule has 14 heteroatoms. The zero-order valence-electron chi connectivity index (χ0n) is 24.4. The van der Waals surface area contributed by atoms with Gasteiger partial charge < -0.3 is 20.8 Å².